The van der Waals surface area contributed by atoms with Crippen LogP contribution < -0.4 is 5.32 Å². The third-order valence-electron chi connectivity index (χ3n) is 3.06. The quantitative estimate of drug-likeness (QED) is 0.726. The number of benzene rings is 1. The van der Waals surface area contributed by atoms with Gasteiger partial charge in [0.25, 0.3) is 17.5 Å². The normalized spacial score (nSPS) is 10.6. The molecule has 1 amide bonds. The van der Waals surface area contributed by atoms with Gasteiger partial charge in [-0.05, 0) is 31.2 Å². The molecule has 122 valence electrons. The number of hydrogen-bond acceptors (Lipinski definition) is 6. The Morgan fingerprint density at radius 1 is 1.33 bits per heavy atom. The van der Waals surface area contributed by atoms with Crippen LogP contribution in [-0.2, 0) is 9.53 Å². The Hall–Kier alpha value is -3.36. The Balaban J connectivity index is 1.62. The molecule has 8 nitrogen and oxygen atoms in total. The van der Waals surface area contributed by atoms with Gasteiger partial charge in [0.2, 0.25) is 0 Å². The lowest BCUT2D eigenvalue weighted by molar-refractivity contribution is -0.119. The van der Waals surface area contributed by atoms with Crippen LogP contribution in [-0.4, -0.2) is 38.1 Å². The van der Waals surface area contributed by atoms with Gasteiger partial charge in [-0.15, -0.1) is 5.10 Å². The molecular formula is C15H12FN5O3. The zero-order valence-corrected chi connectivity index (χ0v) is 12.6. The molecule has 2 heterocycles. The summed E-state index contributed by atoms with van der Waals surface area (Å²) in [4.78, 5) is 31.5. The Labute approximate surface area is 135 Å². The maximum atomic E-state index is 13.0. The van der Waals surface area contributed by atoms with E-state index < -0.39 is 24.3 Å². The summed E-state index contributed by atoms with van der Waals surface area (Å²) in [6.07, 6.45) is 1.54. The van der Waals surface area contributed by atoms with Crippen LogP contribution in [0.25, 0.3) is 5.78 Å². The van der Waals surface area contributed by atoms with Crippen molar-refractivity contribution in [1.29, 1.82) is 0 Å². The smallest absolute Gasteiger partial charge is 0.378 e. The molecule has 0 aliphatic heterocycles. The summed E-state index contributed by atoms with van der Waals surface area (Å²) in [5.41, 5.74) is 1.01. The van der Waals surface area contributed by atoms with Gasteiger partial charge in [0.1, 0.15) is 5.82 Å². The number of carbonyl (C=O) groups excluding carboxylic acids is 2. The molecule has 3 aromatic rings. The first kappa shape index (κ1) is 15.5. The average molecular weight is 329 g/mol. The van der Waals surface area contributed by atoms with Crippen molar-refractivity contribution in [2.75, 3.05) is 11.9 Å². The number of fused-ring (bicyclic) bond motifs is 1. The summed E-state index contributed by atoms with van der Waals surface area (Å²) < 4.78 is 19.3. The summed E-state index contributed by atoms with van der Waals surface area (Å²) >= 11 is 0. The molecule has 9 heteroatoms. The number of aryl methyl sites for hydroxylation is 1. The predicted octanol–water partition coefficient (Wildman–Crippen LogP) is 1.37. The molecule has 0 radical (unpaired) electrons. The first-order valence-corrected chi connectivity index (χ1v) is 6.94. The molecule has 0 saturated carbocycles. The van der Waals surface area contributed by atoms with E-state index in [1.165, 1.54) is 22.7 Å². The SMILES string of the molecule is Cc1ccnc2nc(C(=O)OCC(=O)Nc3cccc(F)c3)nn12. The Bertz CT molecular complexity index is 924. The minimum atomic E-state index is -0.853. The van der Waals surface area contributed by atoms with E-state index >= 15 is 0 Å². The van der Waals surface area contributed by atoms with Gasteiger partial charge in [-0.3, -0.25) is 4.79 Å². The average Bonchev–Trinajstić information content (AvgIpc) is 2.98. The Morgan fingerprint density at radius 3 is 2.92 bits per heavy atom. The molecule has 3 rings (SSSR count). The van der Waals surface area contributed by atoms with E-state index in [2.05, 4.69) is 20.4 Å². The zero-order chi connectivity index (χ0) is 17.1. The lowest BCUT2D eigenvalue weighted by Gasteiger charge is -2.05. The van der Waals surface area contributed by atoms with Crippen LogP contribution >= 0.6 is 0 Å². The number of nitrogens with one attached hydrogen (secondary N) is 1. The van der Waals surface area contributed by atoms with Crippen LogP contribution in [0, 0.1) is 12.7 Å². The van der Waals surface area contributed by atoms with Gasteiger partial charge in [0.05, 0.1) is 0 Å². The van der Waals surface area contributed by atoms with Gasteiger partial charge in [-0.25, -0.2) is 18.7 Å². The molecule has 0 spiro atoms. The number of rotatable bonds is 4. The van der Waals surface area contributed by atoms with E-state index in [1.54, 1.807) is 19.2 Å². The maximum Gasteiger partial charge on any atom is 0.378 e. The van der Waals surface area contributed by atoms with Crippen LogP contribution in [0.2, 0.25) is 0 Å². The number of hydrogen-bond donors (Lipinski definition) is 1. The number of nitrogens with zero attached hydrogens (tertiary/aromatic N) is 4. The van der Waals surface area contributed by atoms with Crippen molar-refractivity contribution in [2.24, 2.45) is 0 Å². The number of amides is 1. The molecule has 0 unspecified atom stereocenters. The highest BCUT2D eigenvalue weighted by molar-refractivity contribution is 5.94. The molecule has 0 atom stereocenters. The number of carbonyl (C=O) groups is 2. The standard InChI is InChI=1S/C15H12FN5O3/c1-9-5-6-17-15-19-13(20-21(9)15)14(23)24-8-12(22)18-11-4-2-3-10(16)7-11/h2-7H,8H2,1H3,(H,18,22). The number of esters is 1. The van der Waals surface area contributed by atoms with E-state index in [0.717, 1.165) is 11.8 Å². The van der Waals surface area contributed by atoms with Crippen molar-refractivity contribution in [1.82, 2.24) is 19.6 Å². The van der Waals surface area contributed by atoms with Crippen LogP contribution in [0.3, 0.4) is 0 Å². The molecule has 0 bridgehead atoms. The summed E-state index contributed by atoms with van der Waals surface area (Å²) in [6, 6.07) is 7.08. The van der Waals surface area contributed by atoms with Gasteiger partial charge in [0.15, 0.2) is 6.61 Å². The van der Waals surface area contributed by atoms with Crippen molar-refractivity contribution >= 4 is 23.3 Å². The predicted molar refractivity (Wildman–Crippen MR) is 80.8 cm³/mol. The monoisotopic (exact) mass is 329 g/mol. The van der Waals surface area contributed by atoms with Gasteiger partial charge < -0.3 is 10.1 Å². The first-order chi connectivity index (χ1) is 11.5. The zero-order valence-electron chi connectivity index (χ0n) is 12.6. The molecule has 0 aliphatic rings. The number of halogens is 1. The summed E-state index contributed by atoms with van der Waals surface area (Å²) in [5.74, 6) is -1.88. The second-order valence-corrected chi connectivity index (χ2v) is 4.87. The summed E-state index contributed by atoms with van der Waals surface area (Å²) in [6.45, 7) is 1.24. The first-order valence-electron chi connectivity index (χ1n) is 6.94. The highest BCUT2D eigenvalue weighted by atomic mass is 19.1. The molecule has 0 fully saturated rings. The minimum absolute atomic E-state index is 0.199. The molecule has 24 heavy (non-hydrogen) atoms. The van der Waals surface area contributed by atoms with Gasteiger partial charge >= 0.3 is 5.97 Å². The third-order valence-corrected chi connectivity index (χ3v) is 3.06. The van der Waals surface area contributed by atoms with Crippen molar-refractivity contribution in [2.45, 2.75) is 6.92 Å². The second kappa shape index (κ2) is 6.41. The highest BCUT2D eigenvalue weighted by Gasteiger charge is 2.17. The van der Waals surface area contributed by atoms with E-state index in [0.29, 0.717) is 0 Å². The fourth-order valence-corrected chi connectivity index (χ4v) is 1.95. The van der Waals surface area contributed by atoms with E-state index in [9.17, 15) is 14.0 Å². The van der Waals surface area contributed by atoms with Crippen molar-refractivity contribution < 1.29 is 18.7 Å². The van der Waals surface area contributed by atoms with E-state index in [4.69, 9.17) is 4.74 Å². The molecule has 0 saturated heterocycles. The molecule has 0 aliphatic carbocycles. The molecular weight excluding hydrogens is 317 g/mol. The van der Waals surface area contributed by atoms with Gasteiger partial charge in [-0.2, -0.15) is 4.98 Å². The van der Waals surface area contributed by atoms with Crippen molar-refractivity contribution in [3.8, 4) is 0 Å². The van der Waals surface area contributed by atoms with Gasteiger partial charge in [0, 0.05) is 17.6 Å². The lowest BCUT2D eigenvalue weighted by Crippen LogP contribution is -2.21. The number of ether oxygens (including phenoxy) is 1. The van der Waals surface area contributed by atoms with Crippen LogP contribution in [0.1, 0.15) is 16.3 Å². The van der Waals surface area contributed by atoms with Crippen LogP contribution in [0.4, 0.5) is 10.1 Å². The molecule has 1 aromatic carbocycles. The fourth-order valence-electron chi connectivity index (χ4n) is 1.95. The lowest BCUT2D eigenvalue weighted by atomic mass is 10.3. The topological polar surface area (TPSA) is 98.5 Å². The van der Waals surface area contributed by atoms with Crippen LogP contribution in [0.5, 0.6) is 0 Å². The number of anilines is 1. The van der Waals surface area contributed by atoms with E-state index in [1.807, 2.05) is 0 Å². The highest BCUT2D eigenvalue weighted by Crippen LogP contribution is 2.09. The molecule has 1 N–H and O–H groups in total. The van der Waals surface area contributed by atoms with Crippen molar-refractivity contribution in [3.05, 3.63) is 53.9 Å². The molecule has 2 aromatic heterocycles. The third kappa shape index (κ3) is 3.35. The van der Waals surface area contributed by atoms with Crippen LogP contribution in [0.15, 0.2) is 36.5 Å². The largest absolute Gasteiger partial charge is 0.450 e. The fraction of sp³-hybridized carbons (Fsp3) is 0.133. The van der Waals surface area contributed by atoms with Gasteiger partial charge in [-0.1, -0.05) is 6.07 Å². The Morgan fingerprint density at radius 2 is 2.17 bits per heavy atom. The second-order valence-electron chi connectivity index (χ2n) is 4.87. The minimum Gasteiger partial charge on any atom is -0.450 e. The van der Waals surface area contributed by atoms with E-state index in [-0.39, 0.29) is 17.3 Å². The maximum absolute atomic E-state index is 13.0. The Kier molecular flexibility index (Phi) is 4.15. The van der Waals surface area contributed by atoms with Crippen molar-refractivity contribution in [3.63, 3.8) is 0 Å². The summed E-state index contributed by atoms with van der Waals surface area (Å²) in [5, 5.41) is 6.38. The number of aromatic nitrogens is 4. The summed E-state index contributed by atoms with van der Waals surface area (Å²) in [7, 11) is 0.